The van der Waals surface area contributed by atoms with Crippen LogP contribution in [-0.2, 0) is 24.1 Å². The van der Waals surface area contributed by atoms with Crippen LogP contribution in [0.1, 0.15) is 71.1 Å². The molecule has 0 aliphatic carbocycles. The van der Waals surface area contributed by atoms with E-state index in [9.17, 15) is 10.0 Å². The molecule has 5 heteroatoms. The van der Waals surface area contributed by atoms with Gasteiger partial charge >= 0.3 is 19.5 Å². The molecule has 0 spiro atoms. The molecule has 17 heavy (non-hydrogen) atoms. The maximum atomic E-state index is 10.0. The molecule has 0 N–H and O–H groups in total. The Balaban J connectivity index is 0. The molecule has 0 rings (SSSR count). The molecular formula is C12H25BO3Zn. The van der Waals surface area contributed by atoms with Gasteiger partial charge in [-0.2, -0.15) is 0 Å². The Morgan fingerprint density at radius 1 is 0.765 bits per heavy atom. The van der Waals surface area contributed by atoms with Crippen LogP contribution in [-0.4, -0.2) is 13.9 Å². The first-order valence-corrected chi connectivity index (χ1v) is 6.70. The zero-order valence-electron chi connectivity index (χ0n) is 11.3. The predicted molar refractivity (Wildman–Crippen MR) is 63.6 cm³/mol. The summed E-state index contributed by atoms with van der Waals surface area (Å²) in [6, 6.07) is 0. The number of hydrogen-bond acceptors (Lipinski definition) is 3. The van der Waals surface area contributed by atoms with Crippen LogP contribution in [0, 0.1) is 0 Å². The van der Waals surface area contributed by atoms with Gasteiger partial charge in [-0.25, -0.2) is 0 Å². The molecule has 0 heterocycles. The standard InChI is InChI=1S/C12H25BO3.Zn/c1-2-3-4-5-6-7-8-9-10-11-12-16-13(14)15;/h2-12H2,1H3;/q-2;+2. The number of rotatable bonds is 12. The van der Waals surface area contributed by atoms with Crippen LogP contribution < -0.4 is 10.0 Å². The summed E-state index contributed by atoms with van der Waals surface area (Å²) in [5.41, 5.74) is 0. The van der Waals surface area contributed by atoms with Crippen LogP contribution in [0.25, 0.3) is 0 Å². The molecule has 0 atom stereocenters. The van der Waals surface area contributed by atoms with Crippen LogP contribution in [0.3, 0.4) is 0 Å². The van der Waals surface area contributed by atoms with Gasteiger partial charge in [0, 0.05) is 6.61 Å². The summed E-state index contributed by atoms with van der Waals surface area (Å²) in [4.78, 5) is 0. The Labute approximate surface area is 119 Å². The first-order valence-electron chi connectivity index (χ1n) is 6.70. The van der Waals surface area contributed by atoms with Gasteiger partial charge in [0.25, 0.3) is 0 Å². The molecule has 0 saturated heterocycles. The summed E-state index contributed by atoms with van der Waals surface area (Å²) in [5, 5.41) is 20.0. The van der Waals surface area contributed by atoms with E-state index in [-0.39, 0.29) is 19.5 Å². The quantitative estimate of drug-likeness (QED) is 0.406. The first kappa shape index (κ1) is 19.9. The molecular weight excluding hydrogens is 268 g/mol. The summed E-state index contributed by atoms with van der Waals surface area (Å²) < 4.78 is 4.40. The minimum absolute atomic E-state index is 0. The molecule has 0 aromatic rings. The van der Waals surface area contributed by atoms with Crippen molar-refractivity contribution in [2.75, 3.05) is 6.61 Å². The normalized spacial score (nSPS) is 10.1. The van der Waals surface area contributed by atoms with E-state index >= 15 is 0 Å². The minimum Gasteiger partial charge on any atom is -0.871 e. The van der Waals surface area contributed by atoms with E-state index in [1.165, 1.54) is 51.4 Å². The van der Waals surface area contributed by atoms with Gasteiger partial charge in [-0.15, -0.1) is 0 Å². The maximum Gasteiger partial charge on any atom is 2.00 e. The fourth-order valence-electron chi connectivity index (χ4n) is 1.77. The number of unbranched alkanes of at least 4 members (excludes halogenated alkanes) is 9. The second-order valence-electron chi connectivity index (χ2n) is 4.34. The molecule has 3 nitrogen and oxygen atoms in total. The van der Waals surface area contributed by atoms with Crippen LogP contribution in [0.2, 0.25) is 0 Å². The fourth-order valence-corrected chi connectivity index (χ4v) is 1.77. The molecule has 0 aromatic carbocycles. The van der Waals surface area contributed by atoms with E-state index in [1.807, 2.05) is 0 Å². The van der Waals surface area contributed by atoms with Crippen molar-refractivity contribution in [1.29, 1.82) is 0 Å². The Kier molecular flexibility index (Phi) is 19.4. The Hall–Kier alpha value is 0.568. The SMILES string of the molecule is CCCCCCCCCCCCOB([O-])[O-].[Zn+2]. The molecule has 0 fully saturated rings. The summed E-state index contributed by atoms with van der Waals surface area (Å²) >= 11 is 0. The van der Waals surface area contributed by atoms with Gasteiger partial charge in [-0.05, 0) is 6.42 Å². The Bertz CT molecular complexity index is 137. The Morgan fingerprint density at radius 3 is 1.59 bits per heavy atom. The van der Waals surface area contributed by atoms with Gasteiger partial charge in [0.05, 0.1) is 7.32 Å². The summed E-state index contributed by atoms with van der Waals surface area (Å²) in [6.45, 7) is 2.56. The van der Waals surface area contributed by atoms with Crippen molar-refractivity contribution in [3.8, 4) is 0 Å². The zero-order chi connectivity index (χ0) is 12.1. The minimum atomic E-state index is -2.10. The van der Waals surface area contributed by atoms with Crippen LogP contribution >= 0.6 is 0 Å². The zero-order valence-corrected chi connectivity index (χ0v) is 14.3. The van der Waals surface area contributed by atoms with Crippen molar-refractivity contribution in [3.63, 3.8) is 0 Å². The summed E-state index contributed by atoms with van der Waals surface area (Å²) in [5.74, 6) is 0. The van der Waals surface area contributed by atoms with E-state index in [0.717, 1.165) is 12.8 Å². The molecule has 0 bridgehead atoms. The average molecular weight is 294 g/mol. The Morgan fingerprint density at radius 2 is 1.18 bits per heavy atom. The molecule has 0 radical (unpaired) electrons. The third kappa shape index (κ3) is 19.1. The van der Waals surface area contributed by atoms with Gasteiger partial charge in [0.2, 0.25) is 0 Å². The van der Waals surface area contributed by atoms with Crippen molar-refractivity contribution in [2.24, 2.45) is 0 Å². The molecule has 0 aromatic heterocycles. The van der Waals surface area contributed by atoms with Gasteiger partial charge in [-0.1, -0.05) is 64.7 Å². The van der Waals surface area contributed by atoms with Crippen LogP contribution in [0.4, 0.5) is 0 Å². The summed E-state index contributed by atoms with van der Waals surface area (Å²) in [7, 11) is -2.10. The monoisotopic (exact) mass is 292 g/mol. The van der Waals surface area contributed by atoms with Gasteiger partial charge in [0.1, 0.15) is 0 Å². The number of hydrogen-bond donors (Lipinski definition) is 0. The largest absolute Gasteiger partial charge is 2.00 e. The van der Waals surface area contributed by atoms with E-state index < -0.39 is 7.32 Å². The second kappa shape index (κ2) is 16.6. The molecule has 0 aliphatic rings. The first-order chi connectivity index (χ1) is 7.77. The van der Waals surface area contributed by atoms with Crippen LogP contribution in [0.5, 0.6) is 0 Å². The predicted octanol–water partition coefficient (Wildman–Crippen LogP) is 1.63. The van der Waals surface area contributed by atoms with E-state index in [2.05, 4.69) is 11.6 Å². The second-order valence-corrected chi connectivity index (χ2v) is 4.34. The third-order valence-electron chi connectivity index (χ3n) is 2.75. The van der Waals surface area contributed by atoms with E-state index in [1.54, 1.807) is 0 Å². The maximum absolute atomic E-state index is 10.0. The third-order valence-corrected chi connectivity index (χ3v) is 2.75. The smallest absolute Gasteiger partial charge is 0.871 e. The molecule has 96 valence electrons. The van der Waals surface area contributed by atoms with Crippen LogP contribution in [0.15, 0.2) is 0 Å². The molecule has 0 unspecified atom stereocenters. The van der Waals surface area contributed by atoms with Gasteiger partial charge in [0.15, 0.2) is 0 Å². The molecule has 0 aliphatic heterocycles. The summed E-state index contributed by atoms with van der Waals surface area (Å²) in [6.07, 6.45) is 12.4. The van der Waals surface area contributed by atoms with Gasteiger partial charge < -0.3 is 14.7 Å². The van der Waals surface area contributed by atoms with Crippen molar-refractivity contribution in [2.45, 2.75) is 71.1 Å². The average Bonchev–Trinajstić information content (AvgIpc) is 2.25. The van der Waals surface area contributed by atoms with Gasteiger partial charge in [-0.3, -0.25) is 0 Å². The topological polar surface area (TPSA) is 55.3 Å². The fraction of sp³-hybridized carbons (Fsp3) is 1.00. The molecule has 0 saturated carbocycles. The van der Waals surface area contributed by atoms with Crippen molar-refractivity contribution < 1.29 is 34.2 Å². The van der Waals surface area contributed by atoms with E-state index in [0.29, 0.717) is 6.61 Å². The van der Waals surface area contributed by atoms with E-state index in [4.69, 9.17) is 0 Å². The van der Waals surface area contributed by atoms with Crippen molar-refractivity contribution >= 4 is 7.32 Å². The van der Waals surface area contributed by atoms with Crippen molar-refractivity contribution in [3.05, 3.63) is 0 Å². The molecule has 0 amide bonds. The van der Waals surface area contributed by atoms with Crippen molar-refractivity contribution in [1.82, 2.24) is 0 Å².